The van der Waals surface area contributed by atoms with Gasteiger partial charge in [-0.05, 0) is 148 Å². The monoisotopic (exact) mass is 1360 g/mol. The first kappa shape index (κ1) is 66.7. The van der Waals surface area contributed by atoms with Gasteiger partial charge in [0.25, 0.3) is 0 Å². The van der Waals surface area contributed by atoms with Crippen molar-refractivity contribution < 1.29 is 28.4 Å². The molecule has 2 aliphatic heterocycles. The molecule has 0 saturated carbocycles. The lowest BCUT2D eigenvalue weighted by Crippen LogP contribution is -2.35. The number of nitrogens with one attached hydrogen (secondary N) is 4. The van der Waals surface area contributed by atoms with Crippen LogP contribution in [0, 0.1) is 0 Å². The van der Waals surface area contributed by atoms with Gasteiger partial charge < -0.3 is 49.7 Å². The minimum Gasteiger partial charge on any atom is -0.491 e. The van der Waals surface area contributed by atoms with Crippen LogP contribution in [-0.2, 0) is 43.6 Å². The Morgan fingerprint density at radius 3 is 1.19 bits per heavy atom. The molecule has 2 fully saturated rings. The summed E-state index contributed by atoms with van der Waals surface area (Å²) in [6, 6.07) is 41.5. The van der Waals surface area contributed by atoms with Gasteiger partial charge in [-0.25, -0.2) is 47.4 Å². The lowest BCUT2D eigenvalue weighted by Gasteiger charge is -2.29. The zero-order valence-electron chi connectivity index (χ0n) is 52.1. The molecule has 6 aromatic carbocycles. The summed E-state index contributed by atoms with van der Waals surface area (Å²) in [4.78, 5) is 33.4. The predicted octanol–water partition coefficient (Wildman–Crippen LogP) is 11.5. The first-order valence-electron chi connectivity index (χ1n) is 30.8. The largest absolute Gasteiger partial charge is 0.491 e. The summed E-state index contributed by atoms with van der Waals surface area (Å²) in [5, 5.41) is 32.5. The number of ether oxygens (including phenoxy) is 6. The van der Waals surface area contributed by atoms with E-state index in [1.807, 2.05) is 125 Å². The molecule has 0 amide bonds. The Morgan fingerprint density at radius 1 is 0.500 bits per heavy atom. The van der Waals surface area contributed by atoms with Crippen molar-refractivity contribution in [3.8, 4) is 22.9 Å². The van der Waals surface area contributed by atoms with E-state index >= 15 is 0 Å². The molecule has 0 aliphatic carbocycles. The van der Waals surface area contributed by atoms with Crippen LogP contribution in [0.4, 0.5) is 22.7 Å². The maximum atomic E-state index is 12.7. The fraction of sp³-hybridized carbons (Fsp3) is 0.333. The molecule has 28 heteroatoms. The van der Waals surface area contributed by atoms with E-state index < -0.39 is 11.6 Å². The Hall–Kier alpha value is -8.72. The third-order valence-corrected chi connectivity index (χ3v) is 17.0. The van der Waals surface area contributed by atoms with Gasteiger partial charge in [-0.1, -0.05) is 72.4 Å². The molecule has 0 radical (unpaired) electrons. The number of aromatic nitrogens is 12. The van der Waals surface area contributed by atoms with Gasteiger partial charge in [0.2, 0.25) is 11.6 Å². The normalized spacial score (nSPS) is 18.3. The molecule has 0 bridgehead atoms. The van der Waals surface area contributed by atoms with E-state index in [-0.39, 0.29) is 62.0 Å². The van der Waals surface area contributed by atoms with Crippen molar-refractivity contribution in [2.24, 2.45) is 0 Å². The second-order valence-electron chi connectivity index (χ2n) is 22.5. The molecule has 2 unspecified atom stereocenters. The standard InChI is InChI=1S/2C33H36Cl2N8O4/c2*1-3-23(2)43-32(44)42(22-40-43)27-9-5-25(6-10-27)37-14-15-38-26-7-11-28(12-8-26)45-17-29-18-46-33(47-29,19-41-21-36-20-39-41)30-13-4-24(34)16-31(30)35/h2*4-13,16,20-23,29,37-38H,3,14-15,17-19H2,1-2H3/t2*23?,29-,33-/m10/s1. The minimum absolute atomic E-state index is 0.0579. The van der Waals surface area contributed by atoms with Gasteiger partial charge in [-0.15, -0.1) is 0 Å². The molecule has 2 aliphatic rings. The Labute approximate surface area is 562 Å². The van der Waals surface area contributed by atoms with Gasteiger partial charge in [-0.2, -0.15) is 20.4 Å². The second kappa shape index (κ2) is 31.0. The summed E-state index contributed by atoms with van der Waals surface area (Å²) in [5.74, 6) is -0.900. The highest BCUT2D eigenvalue weighted by Gasteiger charge is 2.47. The fourth-order valence-corrected chi connectivity index (χ4v) is 11.6. The van der Waals surface area contributed by atoms with Gasteiger partial charge in [0, 0.05) is 70.1 Å². The van der Waals surface area contributed by atoms with Crippen LogP contribution < -0.4 is 42.1 Å². The van der Waals surface area contributed by atoms with E-state index in [0.29, 0.717) is 82.1 Å². The molecule has 94 heavy (non-hydrogen) atoms. The zero-order chi connectivity index (χ0) is 65.6. The van der Waals surface area contributed by atoms with E-state index in [4.69, 9.17) is 74.8 Å². The highest BCUT2D eigenvalue weighted by Crippen LogP contribution is 2.42. The molecule has 24 nitrogen and oxygen atoms in total. The molecule has 6 atom stereocenters. The van der Waals surface area contributed by atoms with Gasteiger partial charge in [-0.3, -0.25) is 0 Å². The smallest absolute Gasteiger partial charge is 0.350 e. The number of rotatable bonds is 28. The van der Waals surface area contributed by atoms with Gasteiger partial charge in [0.1, 0.15) is 88.0 Å². The molecule has 2 saturated heterocycles. The number of halogens is 4. The fourth-order valence-electron chi connectivity index (χ4n) is 10.5. The molecule has 12 rings (SSSR count). The van der Waals surface area contributed by atoms with Crippen LogP contribution >= 0.6 is 46.4 Å². The average Bonchev–Trinajstić information content (AvgIpc) is 1.60. The van der Waals surface area contributed by atoms with Crippen molar-refractivity contribution in [1.82, 2.24) is 58.2 Å². The average molecular weight is 1360 g/mol. The van der Waals surface area contributed by atoms with Crippen LogP contribution in [0.15, 0.2) is 181 Å². The first-order chi connectivity index (χ1) is 45.7. The maximum absolute atomic E-state index is 12.7. The number of nitrogens with zero attached hydrogens (tertiary/aromatic N) is 12. The Balaban J connectivity index is 0.000000192. The number of hydrogen-bond donors (Lipinski definition) is 4. The maximum Gasteiger partial charge on any atom is 0.350 e. The quantitative estimate of drug-likeness (QED) is 0.0333. The van der Waals surface area contributed by atoms with Crippen molar-refractivity contribution in [3.05, 3.63) is 224 Å². The molecule has 492 valence electrons. The van der Waals surface area contributed by atoms with E-state index in [0.717, 1.165) is 47.0 Å². The lowest BCUT2D eigenvalue weighted by molar-refractivity contribution is -0.191. The van der Waals surface area contributed by atoms with Crippen LogP contribution in [-0.4, -0.2) is 123 Å². The molecular formula is C66H72Cl4N16O8. The van der Waals surface area contributed by atoms with Crippen molar-refractivity contribution in [2.75, 3.05) is 73.9 Å². The SMILES string of the molecule is CCC(C)n1ncn(-c2ccc(NCCNc3ccc(OC[C@@H]4CO[C@@](Cn5cncn5)(c5ccc(Cl)cc5Cl)O4)cc3)cc2)c1=O.CCC(C)n1ncn(-c2ccc(NCCNc3ccc(OC[C@H]4CO[C@](Cn5cncn5)(c5ccc(Cl)cc5Cl)O4)cc3)cc2)c1=O. The van der Waals surface area contributed by atoms with Crippen LogP contribution in [0.1, 0.15) is 63.7 Å². The Kier molecular flexibility index (Phi) is 22.0. The summed E-state index contributed by atoms with van der Waals surface area (Å²) < 4.78 is 46.8. The van der Waals surface area contributed by atoms with Crippen molar-refractivity contribution >= 4 is 69.2 Å². The third kappa shape index (κ3) is 16.4. The molecule has 4 aromatic heterocycles. The summed E-state index contributed by atoms with van der Waals surface area (Å²) >= 11 is 25.4. The Bertz CT molecular complexity index is 3890. The van der Waals surface area contributed by atoms with E-state index in [9.17, 15) is 9.59 Å². The number of hydrogen-bond acceptors (Lipinski definition) is 18. The highest BCUT2D eigenvalue weighted by atomic mass is 35.5. The van der Waals surface area contributed by atoms with Crippen LogP contribution in [0.3, 0.4) is 0 Å². The van der Waals surface area contributed by atoms with Gasteiger partial charge in [0.05, 0.1) is 46.7 Å². The summed E-state index contributed by atoms with van der Waals surface area (Å²) in [6.45, 7) is 12.6. The van der Waals surface area contributed by atoms with Crippen LogP contribution in [0.2, 0.25) is 20.1 Å². The van der Waals surface area contributed by atoms with Crippen molar-refractivity contribution in [1.29, 1.82) is 0 Å². The summed E-state index contributed by atoms with van der Waals surface area (Å²) in [7, 11) is 0. The Morgan fingerprint density at radius 2 is 0.862 bits per heavy atom. The molecule has 6 heterocycles. The zero-order valence-corrected chi connectivity index (χ0v) is 55.1. The van der Waals surface area contributed by atoms with Crippen LogP contribution in [0.25, 0.3) is 11.4 Å². The van der Waals surface area contributed by atoms with Crippen molar-refractivity contribution in [2.45, 2.75) is 89.5 Å². The molecule has 10 aromatic rings. The summed E-state index contributed by atoms with van der Waals surface area (Å²) in [6.07, 6.45) is 10.2. The summed E-state index contributed by atoms with van der Waals surface area (Å²) in [5.41, 5.74) is 6.46. The van der Waals surface area contributed by atoms with Crippen molar-refractivity contribution in [3.63, 3.8) is 0 Å². The topological polar surface area (TPSA) is 245 Å². The third-order valence-electron chi connectivity index (χ3n) is 15.9. The van der Waals surface area contributed by atoms with E-state index in [1.54, 1.807) is 80.2 Å². The first-order valence-corrected chi connectivity index (χ1v) is 32.3. The van der Waals surface area contributed by atoms with Gasteiger partial charge in [0.15, 0.2) is 0 Å². The second-order valence-corrected chi connectivity index (χ2v) is 24.2. The number of anilines is 4. The van der Waals surface area contributed by atoms with Crippen LogP contribution in [0.5, 0.6) is 11.5 Å². The predicted molar refractivity (Wildman–Crippen MR) is 361 cm³/mol. The lowest BCUT2D eigenvalue weighted by atomic mass is 10.1. The van der Waals surface area contributed by atoms with Gasteiger partial charge >= 0.3 is 11.4 Å². The highest BCUT2D eigenvalue weighted by molar-refractivity contribution is 6.35. The number of benzene rings is 6. The molecular weight excluding hydrogens is 1290 g/mol. The van der Waals surface area contributed by atoms with E-state index in [2.05, 4.69) is 51.6 Å². The van der Waals surface area contributed by atoms with E-state index in [1.165, 1.54) is 22.0 Å². The minimum atomic E-state index is -1.16. The molecule has 0 spiro atoms. The molecule has 4 N–H and O–H groups in total.